The molecule has 1 fully saturated rings. The molecule has 7 nitrogen and oxygen atoms in total. The Kier molecular flexibility index (Phi) is 5.35. The van der Waals surface area contributed by atoms with Gasteiger partial charge in [0.25, 0.3) is 5.91 Å². The van der Waals surface area contributed by atoms with E-state index in [1.807, 2.05) is 24.3 Å². The molecule has 1 saturated heterocycles. The highest BCUT2D eigenvalue weighted by molar-refractivity contribution is 5.94. The van der Waals surface area contributed by atoms with Gasteiger partial charge in [0.1, 0.15) is 6.79 Å². The quantitative estimate of drug-likeness (QED) is 0.868. The zero-order valence-corrected chi connectivity index (χ0v) is 14.4. The lowest BCUT2D eigenvalue weighted by molar-refractivity contribution is -0.136. The van der Waals surface area contributed by atoms with Crippen LogP contribution in [0.1, 0.15) is 42.2 Å². The summed E-state index contributed by atoms with van der Waals surface area (Å²) in [5.74, 6) is -0.141. The zero-order valence-electron chi connectivity index (χ0n) is 14.4. The first-order chi connectivity index (χ1) is 12.0. The van der Waals surface area contributed by atoms with Crippen LogP contribution in [0.5, 0.6) is 5.75 Å². The van der Waals surface area contributed by atoms with Crippen molar-refractivity contribution in [2.75, 3.05) is 19.9 Å². The molecule has 0 aliphatic carbocycles. The largest absolute Gasteiger partial charge is 0.504 e. The van der Waals surface area contributed by atoms with Crippen LogP contribution in [0.15, 0.2) is 30.5 Å². The highest BCUT2D eigenvalue weighted by Gasteiger charge is 2.20. The highest BCUT2D eigenvalue weighted by Crippen LogP contribution is 2.20. The second-order valence-electron chi connectivity index (χ2n) is 6.37. The summed E-state index contributed by atoms with van der Waals surface area (Å²) in [4.78, 5) is 12.3. The molecular formula is C18H23N3O4. The number of hydrogen-bond donors (Lipinski definition) is 2. The van der Waals surface area contributed by atoms with Gasteiger partial charge >= 0.3 is 0 Å². The molecule has 25 heavy (non-hydrogen) atoms. The number of aromatic hydroxyl groups is 1. The summed E-state index contributed by atoms with van der Waals surface area (Å²) in [5.41, 5.74) is 2.00. The van der Waals surface area contributed by atoms with E-state index in [0.29, 0.717) is 19.1 Å². The Hall–Kier alpha value is -2.38. The Morgan fingerprint density at radius 3 is 2.80 bits per heavy atom. The fraction of sp³-hybridized carbons (Fsp3) is 0.444. The summed E-state index contributed by atoms with van der Waals surface area (Å²) in [6.45, 7) is 5.47. The normalized spacial score (nSPS) is 17.6. The lowest BCUT2D eigenvalue weighted by Gasteiger charge is -2.22. The van der Waals surface area contributed by atoms with Gasteiger partial charge in [-0.1, -0.05) is 26.0 Å². The standard InChI is InChI=1S/C18H23N3O4/c1-12(2)13-3-5-14(6-4-13)21-10-16(22)17(20-21)18(23)19-9-15-7-8-24-11-25-15/h3-6,10,12,15,22H,7-9,11H2,1-2H3,(H,19,23)/t15-/m0/s1. The van der Waals surface area contributed by atoms with E-state index in [9.17, 15) is 9.90 Å². The molecule has 1 aromatic heterocycles. The number of aromatic nitrogens is 2. The molecule has 1 amide bonds. The first-order valence-corrected chi connectivity index (χ1v) is 8.41. The second-order valence-corrected chi connectivity index (χ2v) is 6.37. The van der Waals surface area contributed by atoms with Gasteiger partial charge in [0.15, 0.2) is 11.4 Å². The first-order valence-electron chi connectivity index (χ1n) is 8.41. The van der Waals surface area contributed by atoms with E-state index in [4.69, 9.17) is 9.47 Å². The molecule has 3 rings (SSSR count). The van der Waals surface area contributed by atoms with Crippen molar-refractivity contribution in [3.63, 3.8) is 0 Å². The van der Waals surface area contributed by atoms with Crippen LogP contribution < -0.4 is 5.32 Å². The molecule has 0 saturated carbocycles. The number of benzene rings is 1. The molecule has 1 aliphatic heterocycles. The van der Waals surface area contributed by atoms with Gasteiger partial charge in [-0.25, -0.2) is 4.68 Å². The van der Waals surface area contributed by atoms with E-state index in [-0.39, 0.29) is 24.3 Å². The predicted octanol–water partition coefficient (Wildman–Crippen LogP) is 2.19. The fourth-order valence-electron chi connectivity index (χ4n) is 2.62. The molecule has 0 unspecified atom stereocenters. The van der Waals surface area contributed by atoms with Gasteiger partial charge in [0, 0.05) is 6.54 Å². The van der Waals surface area contributed by atoms with Crippen molar-refractivity contribution in [1.82, 2.24) is 15.1 Å². The Labute approximate surface area is 146 Å². The Morgan fingerprint density at radius 2 is 2.16 bits per heavy atom. The molecule has 0 bridgehead atoms. The molecule has 7 heteroatoms. The molecule has 1 aliphatic rings. The van der Waals surface area contributed by atoms with Crippen LogP contribution in [-0.4, -0.2) is 46.8 Å². The average Bonchev–Trinajstić information content (AvgIpc) is 3.02. The Balaban J connectivity index is 1.67. The molecule has 134 valence electrons. The molecule has 0 radical (unpaired) electrons. The molecule has 2 aromatic rings. The topological polar surface area (TPSA) is 85.6 Å². The highest BCUT2D eigenvalue weighted by atomic mass is 16.7. The number of hydrogen-bond acceptors (Lipinski definition) is 5. The summed E-state index contributed by atoms with van der Waals surface area (Å²) in [6.07, 6.45) is 2.08. The van der Waals surface area contributed by atoms with Crippen molar-refractivity contribution in [2.45, 2.75) is 32.3 Å². The maximum absolute atomic E-state index is 12.3. The van der Waals surface area contributed by atoms with Crippen molar-refractivity contribution >= 4 is 5.91 Å². The summed E-state index contributed by atoms with van der Waals surface area (Å²) < 4.78 is 12.0. The van der Waals surface area contributed by atoms with E-state index in [0.717, 1.165) is 12.1 Å². The maximum Gasteiger partial charge on any atom is 0.275 e. The summed E-state index contributed by atoms with van der Waals surface area (Å²) >= 11 is 0. The first kappa shape index (κ1) is 17.4. The number of carbonyl (C=O) groups excluding carboxylic acids is 1. The third-order valence-electron chi connectivity index (χ3n) is 4.20. The van der Waals surface area contributed by atoms with Gasteiger partial charge < -0.3 is 19.9 Å². The van der Waals surface area contributed by atoms with Gasteiger partial charge in [0.2, 0.25) is 0 Å². The van der Waals surface area contributed by atoms with Gasteiger partial charge in [-0.3, -0.25) is 4.79 Å². The van der Waals surface area contributed by atoms with Crippen LogP contribution in [0, 0.1) is 0 Å². The zero-order chi connectivity index (χ0) is 17.8. The third kappa shape index (κ3) is 4.18. The van der Waals surface area contributed by atoms with Crippen molar-refractivity contribution < 1.29 is 19.4 Å². The van der Waals surface area contributed by atoms with Gasteiger partial charge in [-0.05, 0) is 30.0 Å². The average molecular weight is 345 g/mol. The van der Waals surface area contributed by atoms with E-state index < -0.39 is 5.91 Å². The van der Waals surface area contributed by atoms with Crippen LogP contribution in [0.25, 0.3) is 5.69 Å². The molecule has 1 atom stereocenters. The smallest absolute Gasteiger partial charge is 0.275 e. The molecular weight excluding hydrogens is 322 g/mol. The van der Waals surface area contributed by atoms with E-state index in [1.165, 1.54) is 16.4 Å². The number of nitrogens with one attached hydrogen (secondary N) is 1. The van der Waals surface area contributed by atoms with E-state index in [2.05, 4.69) is 24.3 Å². The van der Waals surface area contributed by atoms with Gasteiger partial charge in [-0.2, -0.15) is 5.10 Å². The minimum atomic E-state index is -0.426. The Morgan fingerprint density at radius 1 is 1.40 bits per heavy atom. The number of rotatable bonds is 5. The van der Waals surface area contributed by atoms with E-state index >= 15 is 0 Å². The lowest BCUT2D eigenvalue weighted by atomic mass is 10.0. The lowest BCUT2D eigenvalue weighted by Crippen LogP contribution is -2.37. The molecule has 2 heterocycles. The summed E-state index contributed by atoms with van der Waals surface area (Å²) in [6, 6.07) is 7.86. The predicted molar refractivity (Wildman–Crippen MR) is 92.0 cm³/mol. The van der Waals surface area contributed by atoms with Crippen LogP contribution in [0.3, 0.4) is 0 Å². The minimum absolute atomic E-state index is 0.00000412. The third-order valence-corrected chi connectivity index (χ3v) is 4.20. The summed E-state index contributed by atoms with van der Waals surface area (Å²) in [5, 5.41) is 17.0. The number of carbonyl (C=O) groups is 1. The minimum Gasteiger partial charge on any atom is -0.504 e. The second kappa shape index (κ2) is 7.67. The van der Waals surface area contributed by atoms with Crippen LogP contribution in [0.2, 0.25) is 0 Å². The molecule has 2 N–H and O–H groups in total. The van der Waals surface area contributed by atoms with Crippen LogP contribution in [-0.2, 0) is 9.47 Å². The van der Waals surface area contributed by atoms with Crippen molar-refractivity contribution in [3.05, 3.63) is 41.7 Å². The SMILES string of the molecule is CC(C)c1ccc(-n2cc(O)c(C(=O)NC[C@@H]3CCOCO3)n2)cc1. The number of amides is 1. The van der Waals surface area contributed by atoms with E-state index in [1.54, 1.807) is 0 Å². The Bertz CT molecular complexity index is 718. The van der Waals surface area contributed by atoms with Gasteiger partial charge in [0.05, 0.1) is 24.6 Å². The van der Waals surface area contributed by atoms with Crippen molar-refractivity contribution in [2.24, 2.45) is 0 Å². The number of ether oxygens (including phenoxy) is 2. The monoisotopic (exact) mass is 345 g/mol. The molecule has 1 aromatic carbocycles. The molecule has 0 spiro atoms. The van der Waals surface area contributed by atoms with Gasteiger partial charge in [-0.15, -0.1) is 0 Å². The number of nitrogens with zero attached hydrogens (tertiary/aromatic N) is 2. The van der Waals surface area contributed by atoms with Crippen molar-refractivity contribution in [3.8, 4) is 11.4 Å². The fourth-order valence-corrected chi connectivity index (χ4v) is 2.62. The van der Waals surface area contributed by atoms with Crippen LogP contribution in [0.4, 0.5) is 0 Å². The van der Waals surface area contributed by atoms with Crippen LogP contribution >= 0.6 is 0 Å². The maximum atomic E-state index is 12.3. The summed E-state index contributed by atoms with van der Waals surface area (Å²) in [7, 11) is 0. The van der Waals surface area contributed by atoms with Crippen molar-refractivity contribution in [1.29, 1.82) is 0 Å².